The van der Waals surface area contributed by atoms with Crippen LogP contribution in [0.15, 0.2) is 188 Å². The number of H-pyrrole nitrogens is 4. The van der Waals surface area contributed by atoms with Crippen LogP contribution in [-0.2, 0) is 26.2 Å². The molecule has 9 heterocycles. The van der Waals surface area contributed by atoms with Crippen LogP contribution in [0.25, 0.3) is 135 Å². The topological polar surface area (TPSA) is 387 Å². The summed E-state index contributed by atoms with van der Waals surface area (Å²) in [7, 11) is 6.13. The first-order chi connectivity index (χ1) is 63.1. The first kappa shape index (κ1) is 91.8. The fourth-order valence-corrected chi connectivity index (χ4v) is 15.0. The van der Waals surface area contributed by atoms with Gasteiger partial charge in [-0.3, -0.25) is 9.80 Å². The summed E-state index contributed by atoms with van der Waals surface area (Å²) in [6, 6.07) is 46.8. The number of likely N-dealkylation sites (N-methyl/N-ethyl adjacent to an activating group) is 2. The third kappa shape index (κ3) is 23.1. The molecule has 9 N–H and O–H groups in total. The molecular formula is C97H113N17O15. The van der Waals surface area contributed by atoms with Gasteiger partial charge in [-0.25, -0.2) is 0 Å². The van der Waals surface area contributed by atoms with Crippen LogP contribution in [0.2, 0.25) is 0 Å². The second-order valence-corrected chi connectivity index (χ2v) is 30.6. The van der Waals surface area contributed by atoms with E-state index in [1.807, 2.05) is 215 Å². The molecule has 1 aliphatic rings. The lowest BCUT2D eigenvalue weighted by Gasteiger charge is -2.14. The van der Waals surface area contributed by atoms with Gasteiger partial charge in [0.15, 0.2) is 46.0 Å². The number of likely N-dealkylation sites (tertiary alicyclic amines) is 1. The van der Waals surface area contributed by atoms with Gasteiger partial charge >= 0.3 is 0 Å². The van der Waals surface area contributed by atoms with Crippen LogP contribution in [-0.4, -0.2) is 223 Å². The van der Waals surface area contributed by atoms with Crippen molar-refractivity contribution in [2.24, 2.45) is 0 Å². The molecule has 1 atom stereocenters. The molecule has 0 saturated carbocycles. The summed E-state index contributed by atoms with van der Waals surface area (Å²) in [5.74, 6) is 9.19. The highest BCUT2D eigenvalue weighted by atomic mass is 16.5. The van der Waals surface area contributed by atoms with Crippen molar-refractivity contribution in [3.63, 3.8) is 0 Å². The Kier molecular flexibility index (Phi) is 31.9. The number of nitrogens with one attached hydrogen (secondary N) is 6. The van der Waals surface area contributed by atoms with Gasteiger partial charge in [-0.1, -0.05) is 20.6 Å². The van der Waals surface area contributed by atoms with E-state index in [4.69, 9.17) is 66.2 Å². The maximum atomic E-state index is 9.83. The summed E-state index contributed by atoms with van der Waals surface area (Å²) in [6.45, 7) is 27.8. The minimum Gasteiger partial charge on any atom is -0.490 e. The molecule has 17 rings (SSSR count). The van der Waals surface area contributed by atoms with Gasteiger partial charge < -0.3 is 107 Å². The molecule has 0 radical (unpaired) electrons. The largest absolute Gasteiger partial charge is 0.490 e. The SMILES string of the molecule is CCOc1ccc(-c2nc(-c3ccc4[nH]cc(CN(C)CCO)c4c3)no2)cc1OCC.CCOc1ccc(-c2nc(-c3ccc4[nH]cc(CN5CC[C@H](O)C5)c4c3)no2)cc1OCC.CCOc1ccc(-c2nc(-c3ccc4[nH]cc(CNCCN(C)C)c4c3)no2)cc1OCC.CCOc1ccc(-c2nc(-c3ccc4[nH]cc(CNCCO)c4c3)no2)cc1OCC. The molecule has 0 amide bonds. The van der Waals surface area contributed by atoms with Crippen LogP contribution < -0.4 is 48.5 Å². The van der Waals surface area contributed by atoms with Crippen LogP contribution in [0, 0.1) is 0 Å². The van der Waals surface area contributed by atoms with E-state index >= 15 is 0 Å². The van der Waals surface area contributed by atoms with E-state index in [0.29, 0.717) is 172 Å². The van der Waals surface area contributed by atoms with E-state index in [9.17, 15) is 5.11 Å². The molecule has 16 aromatic rings. The first-order valence-electron chi connectivity index (χ1n) is 43.8. The van der Waals surface area contributed by atoms with Crippen LogP contribution in [0.4, 0.5) is 0 Å². The van der Waals surface area contributed by atoms with Crippen molar-refractivity contribution in [2.45, 2.75) is 94.1 Å². The maximum absolute atomic E-state index is 9.83. The number of aliphatic hydroxyl groups excluding tert-OH is 3. The van der Waals surface area contributed by atoms with Crippen LogP contribution in [0.3, 0.4) is 0 Å². The number of ether oxygens (including phenoxy) is 8. The zero-order valence-corrected chi connectivity index (χ0v) is 74.8. The molecule has 1 aliphatic heterocycles. The van der Waals surface area contributed by atoms with Gasteiger partial charge in [-0.15, -0.1) is 0 Å². The molecule has 1 fully saturated rings. The van der Waals surface area contributed by atoms with Crippen LogP contribution >= 0.6 is 0 Å². The van der Waals surface area contributed by atoms with Gasteiger partial charge in [-0.05, 0) is 251 Å². The van der Waals surface area contributed by atoms with Crippen molar-refractivity contribution in [1.29, 1.82) is 0 Å². The average Bonchev–Trinajstić information content (AvgIpc) is 1.66. The van der Waals surface area contributed by atoms with Crippen molar-refractivity contribution in [1.82, 2.24) is 85.8 Å². The van der Waals surface area contributed by atoms with Crippen LogP contribution in [0.5, 0.6) is 46.0 Å². The highest BCUT2D eigenvalue weighted by Crippen LogP contribution is 2.40. The highest BCUT2D eigenvalue weighted by molar-refractivity contribution is 5.90. The Morgan fingerprint density at radius 1 is 0.372 bits per heavy atom. The number of fused-ring (bicyclic) bond motifs is 4. The number of β-amino-alcohol motifs (C(OH)–C–C–N with tert-alkyl or cyclic N) is 1. The minimum absolute atomic E-state index is 0.107. The molecule has 8 aromatic heterocycles. The van der Waals surface area contributed by atoms with E-state index in [-0.39, 0.29) is 19.3 Å². The summed E-state index contributed by atoms with van der Waals surface area (Å²) < 4.78 is 67.6. The zero-order chi connectivity index (χ0) is 90.1. The monoisotopic (exact) mass is 1760 g/mol. The number of aromatic nitrogens is 12. The second-order valence-electron chi connectivity index (χ2n) is 30.6. The molecule has 0 unspecified atom stereocenters. The highest BCUT2D eigenvalue weighted by Gasteiger charge is 2.25. The fraction of sp³-hybridized carbons (Fsp3) is 0.340. The molecule has 0 spiro atoms. The van der Waals surface area contributed by atoms with E-state index in [0.717, 1.165) is 145 Å². The zero-order valence-electron chi connectivity index (χ0n) is 74.8. The van der Waals surface area contributed by atoms with Gasteiger partial charge in [0.1, 0.15) is 0 Å². The van der Waals surface area contributed by atoms with Crippen molar-refractivity contribution < 1.29 is 71.3 Å². The Bertz CT molecular complexity index is 6280. The number of aromatic amines is 4. The summed E-state index contributed by atoms with van der Waals surface area (Å²) in [4.78, 5) is 38.2. The molecule has 0 aliphatic carbocycles. The Morgan fingerprint density at radius 3 is 1.00 bits per heavy atom. The van der Waals surface area contributed by atoms with Crippen molar-refractivity contribution in [3.05, 3.63) is 193 Å². The average molecular weight is 1760 g/mol. The fourth-order valence-electron chi connectivity index (χ4n) is 15.0. The van der Waals surface area contributed by atoms with Gasteiger partial charge in [0.25, 0.3) is 23.6 Å². The van der Waals surface area contributed by atoms with E-state index in [1.54, 1.807) is 0 Å². The molecule has 32 heteroatoms. The van der Waals surface area contributed by atoms with E-state index in [2.05, 4.69) is 118 Å². The summed E-state index contributed by atoms with van der Waals surface area (Å²) in [5, 5.41) is 55.9. The Labute approximate surface area is 747 Å². The lowest BCUT2D eigenvalue weighted by Crippen LogP contribution is -2.26. The predicted octanol–water partition coefficient (Wildman–Crippen LogP) is 16.5. The number of hydrogen-bond donors (Lipinski definition) is 9. The molecular weight excluding hydrogens is 1640 g/mol. The first-order valence-corrected chi connectivity index (χ1v) is 43.8. The Balaban J connectivity index is 0.000000139. The summed E-state index contributed by atoms with van der Waals surface area (Å²) in [6.07, 6.45) is 8.66. The Hall–Kier alpha value is -13.4. The predicted molar refractivity (Wildman–Crippen MR) is 496 cm³/mol. The van der Waals surface area contributed by atoms with Gasteiger partial charge in [0, 0.05) is 178 Å². The number of aliphatic hydroxyl groups is 3. The van der Waals surface area contributed by atoms with Crippen molar-refractivity contribution >= 4 is 43.6 Å². The smallest absolute Gasteiger partial charge is 0.258 e. The standard InChI is InChI=1S/C25H31N5O3.C25H28N4O4.C24H28N4O4.C23H26N4O4/c1-5-31-22-10-8-18(14-23(22)32-6-2)25-28-24(29-33-25)17-7-9-21-20(13-17)19(16-27-21)15-26-11-12-30(3)4;1-3-31-22-8-6-17(12-23(22)32-4-2)25-27-24(28-33-25)16-5-7-21-20(11-16)18(13-26-21)14-29-10-9-19(30)15-29;1-4-30-21-9-7-17(13-22(21)31-5-2)24-26-23(27-32-24)16-6-8-20-19(12-16)18(14-25-20)15-28(3)10-11-29;1-3-29-20-8-6-16(12-21(20)30-4-2)23-26-22(27-31-23)15-5-7-19-18(11-15)17(14-25-19)13-24-9-10-28/h7-10,13-14,16,26-27H,5-6,11-12,15H2,1-4H3;5-8,11-13,19,26,30H,3-4,9-10,14-15H2,1-2H3;6-9,12-14,25,29H,4-5,10-11,15H2,1-3H3;5-8,11-12,14,24-25,28H,3-4,9-10,13H2,1-2H3/t;19-;;/m.0../s1. The quantitative estimate of drug-likeness (QED) is 0.0162. The molecule has 676 valence electrons. The number of benzene rings is 8. The summed E-state index contributed by atoms with van der Waals surface area (Å²) in [5.41, 5.74) is 15.5. The lowest BCUT2D eigenvalue weighted by molar-refractivity contribution is 0.175. The number of rotatable bonds is 39. The molecule has 0 bridgehead atoms. The van der Waals surface area contributed by atoms with Crippen molar-refractivity contribution in [3.8, 4) is 137 Å². The molecule has 32 nitrogen and oxygen atoms in total. The maximum Gasteiger partial charge on any atom is 0.258 e. The molecule has 129 heavy (non-hydrogen) atoms. The van der Waals surface area contributed by atoms with Crippen LogP contribution in [0.1, 0.15) is 84.1 Å². The van der Waals surface area contributed by atoms with Gasteiger partial charge in [0.2, 0.25) is 23.3 Å². The van der Waals surface area contributed by atoms with Gasteiger partial charge in [-0.2, -0.15) is 19.9 Å². The lowest BCUT2D eigenvalue weighted by atomic mass is 10.1. The van der Waals surface area contributed by atoms with Gasteiger partial charge in [0.05, 0.1) is 72.2 Å². The molecule has 8 aromatic carbocycles. The Morgan fingerprint density at radius 2 is 0.682 bits per heavy atom. The minimum atomic E-state index is -0.227. The second kappa shape index (κ2) is 44.8. The number of nitrogens with zero attached hydrogens (tertiary/aromatic N) is 11. The third-order valence-corrected chi connectivity index (χ3v) is 21.2. The molecule has 1 saturated heterocycles. The van der Waals surface area contributed by atoms with E-state index in [1.165, 1.54) is 11.1 Å². The summed E-state index contributed by atoms with van der Waals surface area (Å²) >= 11 is 0. The third-order valence-electron chi connectivity index (χ3n) is 21.2. The normalized spacial score (nSPS) is 12.7. The van der Waals surface area contributed by atoms with Crippen molar-refractivity contribution in [2.75, 3.05) is 126 Å². The number of hydrogen-bond acceptors (Lipinski definition) is 28. The van der Waals surface area contributed by atoms with E-state index < -0.39 is 0 Å².